The number of ether oxygens (including phenoxy) is 1. The molecular weight excluding hydrogens is 238 g/mol. The van der Waals surface area contributed by atoms with Crippen molar-refractivity contribution in [3.63, 3.8) is 0 Å². The number of hydrogen-bond acceptors (Lipinski definition) is 2. The Morgan fingerprint density at radius 3 is 2.58 bits per heavy atom. The number of rotatable bonds is 7. The Balaban J connectivity index is 3.62. The fraction of sp³-hybridized carbons (Fsp3) is 0.688. The van der Waals surface area contributed by atoms with Crippen molar-refractivity contribution in [1.82, 2.24) is 5.32 Å². The highest BCUT2D eigenvalue weighted by atomic mass is 16.5. The van der Waals surface area contributed by atoms with E-state index in [1.165, 1.54) is 6.42 Å². The van der Waals surface area contributed by atoms with E-state index in [9.17, 15) is 4.79 Å². The van der Waals surface area contributed by atoms with E-state index in [2.05, 4.69) is 37.6 Å². The molecule has 0 aliphatic carbocycles. The smallest absolute Gasteiger partial charge is 0.408 e. The monoisotopic (exact) mass is 265 g/mol. The predicted octanol–water partition coefficient (Wildman–Crippen LogP) is 3.75. The van der Waals surface area contributed by atoms with Crippen LogP contribution in [0.25, 0.3) is 0 Å². The minimum atomic E-state index is -0.428. The lowest BCUT2D eigenvalue weighted by atomic mass is 10.0. The van der Waals surface area contributed by atoms with E-state index >= 15 is 0 Å². The second-order valence-electron chi connectivity index (χ2n) is 5.44. The van der Waals surface area contributed by atoms with Gasteiger partial charge in [0.25, 0.3) is 0 Å². The van der Waals surface area contributed by atoms with Crippen LogP contribution in [-0.2, 0) is 4.74 Å². The number of hydrogen-bond donors (Lipinski definition) is 1. The topological polar surface area (TPSA) is 38.3 Å². The molecule has 19 heavy (non-hydrogen) atoms. The lowest BCUT2D eigenvalue weighted by Crippen LogP contribution is -2.25. The Bertz CT molecular complexity index is 334. The van der Waals surface area contributed by atoms with Gasteiger partial charge >= 0.3 is 6.09 Å². The molecule has 0 saturated carbocycles. The lowest BCUT2D eigenvalue weighted by Gasteiger charge is -2.08. The molecule has 0 aromatic rings. The standard InChI is InChI=1S/C16H27NO2/c1-13(2)8-6-10-15(5)12-19-16(18)17-11-7-9-14(3)4/h13-14H,5-6,8,10-12H2,1-4H3,(H,17,18). The fourth-order valence-electron chi connectivity index (χ4n) is 1.42. The van der Waals surface area contributed by atoms with Crippen molar-refractivity contribution in [1.29, 1.82) is 0 Å². The molecule has 0 radical (unpaired) electrons. The van der Waals surface area contributed by atoms with Crippen molar-refractivity contribution in [2.75, 3.05) is 13.2 Å². The molecule has 0 saturated heterocycles. The Kier molecular flexibility index (Phi) is 9.70. The molecule has 108 valence electrons. The normalized spacial score (nSPS) is 10.0. The largest absolute Gasteiger partial charge is 0.445 e. The first-order valence-electron chi connectivity index (χ1n) is 6.97. The molecule has 3 nitrogen and oxygen atoms in total. The van der Waals surface area contributed by atoms with Gasteiger partial charge in [0.1, 0.15) is 6.61 Å². The van der Waals surface area contributed by atoms with Gasteiger partial charge in [-0.15, -0.1) is 0 Å². The van der Waals surface area contributed by atoms with Crippen molar-refractivity contribution in [2.24, 2.45) is 11.8 Å². The second kappa shape index (κ2) is 10.5. The van der Waals surface area contributed by atoms with Gasteiger partial charge in [-0.2, -0.15) is 0 Å². The first-order valence-corrected chi connectivity index (χ1v) is 6.97. The van der Waals surface area contributed by atoms with Crippen LogP contribution in [0.5, 0.6) is 0 Å². The van der Waals surface area contributed by atoms with Crippen molar-refractivity contribution in [3.05, 3.63) is 12.2 Å². The highest BCUT2D eigenvalue weighted by Crippen LogP contribution is 2.10. The third-order valence-corrected chi connectivity index (χ3v) is 2.43. The SMILES string of the molecule is C=C(CCCC(C)C)COC(=O)NCC#CC(C)C. The second-order valence-corrected chi connectivity index (χ2v) is 5.44. The number of carbonyl (C=O) groups is 1. The summed E-state index contributed by atoms with van der Waals surface area (Å²) in [5.41, 5.74) is 0.962. The van der Waals surface area contributed by atoms with Crippen LogP contribution in [0.1, 0.15) is 47.0 Å². The van der Waals surface area contributed by atoms with E-state index in [0.29, 0.717) is 25.0 Å². The first-order chi connectivity index (χ1) is 8.91. The van der Waals surface area contributed by atoms with E-state index in [4.69, 9.17) is 4.74 Å². The van der Waals surface area contributed by atoms with Gasteiger partial charge in [0, 0.05) is 5.92 Å². The van der Waals surface area contributed by atoms with E-state index in [0.717, 1.165) is 18.4 Å². The molecule has 0 unspecified atom stereocenters. The van der Waals surface area contributed by atoms with Gasteiger partial charge in [0.2, 0.25) is 0 Å². The van der Waals surface area contributed by atoms with Crippen LogP contribution >= 0.6 is 0 Å². The van der Waals surface area contributed by atoms with Crippen LogP contribution in [0.4, 0.5) is 4.79 Å². The number of amides is 1. The van der Waals surface area contributed by atoms with Crippen LogP contribution in [0.2, 0.25) is 0 Å². The summed E-state index contributed by atoms with van der Waals surface area (Å²) < 4.78 is 5.05. The molecule has 0 bridgehead atoms. The van der Waals surface area contributed by atoms with Gasteiger partial charge in [0.15, 0.2) is 0 Å². The molecule has 0 atom stereocenters. The van der Waals surface area contributed by atoms with Crippen LogP contribution in [0.3, 0.4) is 0 Å². The minimum Gasteiger partial charge on any atom is -0.445 e. The third kappa shape index (κ3) is 12.8. The predicted molar refractivity (Wildman–Crippen MR) is 79.8 cm³/mol. The molecule has 0 aromatic carbocycles. The lowest BCUT2D eigenvalue weighted by molar-refractivity contribution is 0.156. The maximum Gasteiger partial charge on any atom is 0.408 e. The Labute approximate surface area is 117 Å². The number of alkyl carbamates (subject to hydrolysis) is 1. The van der Waals surface area contributed by atoms with Crippen LogP contribution < -0.4 is 5.32 Å². The molecule has 0 spiro atoms. The van der Waals surface area contributed by atoms with Crippen molar-refractivity contribution < 1.29 is 9.53 Å². The zero-order valence-corrected chi connectivity index (χ0v) is 12.7. The molecule has 0 heterocycles. The first kappa shape index (κ1) is 17.6. The Hall–Kier alpha value is -1.43. The summed E-state index contributed by atoms with van der Waals surface area (Å²) in [5.74, 6) is 6.86. The van der Waals surface area contributed by atoms with Crippen molar-refractivity contribution in [2.45, 2.75) is 47.0 Å². The molecule has 0 aliphatic heterocycles. The maximum absolute atomic E-state index is 11.3. The summed E-state index contributed by atoms with van der Waals surface area (Å²) in [4.78, 5) is 11.3. The molecular formula is C16H27NO2. The molecule has 3 heteroatoms. The van der Waals surface area contributed by atoms with E-state index < -0.39 is 6.09 Å². The summed E-state index contributed by atoms with van der Waals surface area (Å²) in [7, 11) is 0. The molecule has 0 fully saturated rings. The van der Waals surface area contributed by atoms with Crippen LogP contribution in [-0.4, -0.2) is 19.2 Å². The third-order valence-electron chi connectivity index (χ3n) is 2.43. The van der Waals surface area contributed by atoms with E-state index in [-0.39, 0.29) is 0 Å². The Morgan fingerprint density at radius 1 is 1.32 bits per heavy atom. The zero-order chi connectivity index (χ0) is 14.7. The minimum absolute atomic E-state index is 0.293. The molecule has 1 N–H and O–H groups in total. The van der Waals surface area contributed by atoms with Crippen LogP contribution in [0, 0.1) is 23.7 Å². The fourth-order valence-corrected chi connectivity index (χ4v) is 1.42. The average molecular weight is 265 g/mol. The van der Waals surface area contributed by atoms with E-state index in [1.54, 1.807) is 0 Å². The van der Waals surface area contributed by atoms with Crippen molar-refractivity contribution >= 4 is 6.09 Å². The Morgan fingerprint density at radius 2 is 2.00 bits per heavy atom. The van der Waals surface area contributed by atoms with Gasteiger partial charge in [0.05, 0.1) is 6.54 Å². The van der Waals surface area contributed by atoms with Crippen LogP contribution in [0.15, 0.2) is 12.2 Å². The van der Waals surface area contributed by atoms with Gasteiger partial charge in [-0.3, -0.25) is 0 Å². The van der Waals surface area contributed by atoms with Gasteiger partial charge in [-0.25, -0.2) is 4.79 Å². The maximum atomic E-state index is 11.3. The summed E-state index contributed by atoms with van der Waals surface area (Å²) in [6.45, 7) is 12.9. The summed E-state index contributed by atoms with van der Waals surface area (Å²) in [5, 5.41) is 2.59. The quantitative estimate of drug-likeness (QED) is 0.562. The molecule has 0 aliphatic rings. The van der Waals surface area contributed by atoms with Gasteiger partial charge < -0.3 is 10.1 Å². The zero-order valence-electron chi connectivity index (χ0n) is 12.7. The number of nitrogens with one attached hydrogen (secondary N) is 1. The molecule has 1 amide bonds. The summed E-state index contributed by atoms with van der Waals surface area (Å²) >= 11 is 0. The highest BCUT2D eigenvalue weighted by Gasteiger charge is 2.02. The van der Waals surface area contributed by atoms with Gasteiger partial charge in [-0.1, -0.05) is 52.5 Å². The molecule has 0 aromatic heterocycles. The van der Waals surface area contributed by atoms with Crippen molar-refractivity contribution in [3.8, 4) is 11.8 Å². The average Bonchev–Trinajstić information content (AvgIpc) is 2.31. The van der Waals surface area contributed by atoms with E-state index in [1.807, 2.05) is 13.8 Å². The summed E-state index contributed by atoms with van der Waals surface area (Å²) in [6, 6.07) is 0. The van der Waals surface area contributed by atoms with Gasteiger partial charge in [-0.05, 0) is 24.3 Å². The highest BCUT2D eigenvalue weighted by molar-refractivity contribution is 5.67. The molecule has 0 rings (SSSR count). The summed E-state index contributed by atoms with van der Waals surface area (Å²) in [6.07, 6.45) is 2.76. The number of carbonyl (C=O) groups excluding carboxylic acids is 1.